The van der Waals surface area contributed by atoms with Crippen LogP contribution in [0.25, 0.3) is 0 Å². The summed E-state index contributed by atoms with van der Waals surface area (Å²) < 4.78 is 0. The summed E-state index contributed by atoms with van der Waals surface area (Å²) in [5, 5.41) is 19.4. The van der Waals surface area contributed by atoms with E-state index in [2.05, 4.69) is 16.0 Å². The first-order valence-electron chi connectivity index (χ1n) is 6.94. The second-order valence-corrected chi connectivity index (χ2v) is 5.59. The fourth-order valence-corrected chi connectivity index (χ4v) is 3.41. The molecule has 0 saturated carbocycles. The normalized spacial score (nSPS) is 20.9. The van der Waals surface area contributed by atoms with Gasteiger partial charge < -0.3 is 10.2 Å². The van der Waals surface area contributed by atoms with Crippen molar-refractivity contribution in [1.29, 1.82) is 0 Å². The summed E-state index contributed by atoms with van der Waals surface area (Å²) >= 11 is 0. The van der Waals surface area contributed by atoms with Gasteiger partial charge in [-0.15, -0.1) is 0 Å². The zero-order valence-corrected chi connectivity index (χ0v) is 11.1. The van der Waals surface area contributed by atoms with E-state index in [-0.39, 0.29) is 17.5 Å². The number of hydrogen-bond donors (Lipinski definition) is 2. The minimum absolute atomic E-state index is 0.0217. The van der Waals surface area contributed by atoms with Gasteiger partial charge >= 0.3 is 0 Å². The zero-order valence-electron chi connectivity index (χ0n) is 11.1. The van der Waals surface area contributed by atoms with Crippen LogP contribution in [-0.4, -0.2) is 26.6 Å². The first kappa shape index (κ1) is 11.7. The van der Waals surface area contributed by atoms with E-state index < -0.39 is 0 Å². The van der Waals surface area contributed by atoms with Gasteiger partial charge in [-0.05, 0) is 41.3 Å². The molecule has 2 aliphatic rings. The van der Waals surface area contributed by atoms with Crippen LogP contribution in [0.3, 0.4) is 0 Å². The number of aromatic nitrogens is 1. The Bertz CT molecular complexity index is 684. The Kier molecular flexibility index (Phi) is 2.47. The number of fused-ring (bicyclic) bond motifs is 4. The van der Waals surface area contributed by atoms with Gasteiger partial charge in [-0.2, -0.15) is 0 Å². The van der Waals surface area contributed by atoms with E-state index in [1.807, 2.05) is 12.3 Å². The SMILES string of the molecule is Oc1cc2c(cc1O)C1Cc3ncccc3CN1CC2. The standard InChI is InChI=1S/C16H16N2O2/c19-15-6-10-3-5-18-9-11-2-1-4-17-13(11)8-14(18)12(10)7-16(15)20/h1-2,4,6-7,14,19-20H,3,5,8-9H2. The molecular formula is C16H16N2O2. The highest BCUT2D eigenvalue weighted by Gasteiger charge is 2.33. The quantitative estimate of drug-likeness (QED) is 0.719. The van der Waals surface area contributed by atoms with Crippen LogP contribution < -0.4 is 0 Å². The number of aromatic hydroxyl groups is 2. The van der Waals surface area contributed by atoms with Crippen LogP contribution in [0.4, 0.5) is 0 Å². The Morgan fingerprint density at radius 2 is 2.00 bits per heavy atom. The van der Waals surface area contributed by atoms with E-state index in [9.17, 15) is 10.2 Å². The Balaban J connectivity index is 1.80. The molecule has 4 nitrogen and oxygen atoms in total. The second kappa shape index (κ2) is 4.21. The monoisotopic (exact) mass is 268 g/mol. The summed E-state index contributed by atoms with van der Waals surface area (Å²) in [6, 6.07) is 7.81. The van der Waals surface area contributed by atoms with Crippen LogP contribution >= 0.6 is 0 Å². The second-order valence-electron chi connectivity index (χ2n) is 5.59. The van der Waals surface area contributed by atoms with Gasteiger partial charge in [-0.3, -0.25) is 9.88 Å². The van der Waals surface area contributed by atoms with Crippen LogP contribution in [0.2, 0.25) is 0 Å². The molecule has 4 heteroatoms. The summed E-state index contributed by atoms with van der Waals surface area (Å²) in [7, 11) is 0. The van der Waals surface area contributed by atoms with Crippen molar-refractivity contribution in [3.05, 3.63) is 52.8 Å². The lowest BCUT2D eigenvalue weighted by atomic mass is 9.85. The Labute approximate surface area is 117 Å². The lowest BCUT2D eigenvalue weighted by Gasteiger charge is -2.41. The molecule has 3 heterocycles. The number of rotatable bonds is 0. The summed E-state index contributed by atoms with van der Waals surface area (Å²) in [6.45, 7) is 1.89. The molecule has 1 aromatic carbocycles. The average molecular weight is 268 g/mol. The van der Waals surface area contributed by atoms with E-state index in [0.717, 1.165) is 42.8 Å². The number of phenols is 2. The first-order chi connectivity index (χ1) is 9.72. The summed E-state index contributed by atoms with van der Waals surface area (Å²) in [5.74, 6) is -0.0519. The minimum Gasteiger partial charge on any atom is -0.504 e. The molecule has 0 saturated heterocycles. The van der Waals surface area contributed by atoms with E-state index in [1.54, 1.807) is 12.1 Å². The highest BCUT2D eigenvalue weighted by atomic mass is 16.3. The Hall–Kier alpha value is -2.07. The topological polar surface area (TPSA) is 56.6 Å². The van der Waals surface area contributed by atoms with Gasteiger partial charge in [0.1, 0.15) is 0 Å². The predicted molar refractivity (Wildman–Crippen MR) is 74.6 cm³/mol. The van der Waals surface area contributed by atoms with Crippen molar-refractivity contribution in [3.8, 4) is 11.5 Å². The number of phenolic OH excluding ortho intramolecular Hbond substituents is 2. The van der Waals surface area contributed by atoms with Crippen LogP contribution in [0, 0.1) is 0 Å². The molecule has 2 aromatic rings. The molecule has 0 amide bonds. The van der Waals surface area contributed by atoms with Crippen molar-refractivity contribution in [2.45, 2.75) is 25.4 Å². The summed E-state index contributed by atoms with van der Waals surface area (Å²) in [5.41, 5.74) is 4.72. The minimum atomic E-state index is -0.0302. The van der Waals surface area contributed by atoms with Crippen molar-refractivity contribution in [2.24, 2.45) is 0 Å². The molecule has 0 radical (unpaired) electrons. The molecule has 0 bridgehead atoms. The molecule has 2 N–H and O–H groups in total. The van der Waals surface area contributed by atoms with Crippen molar-refractivity contribution in [1.82, 2.24) is 9.88 Å². The van der Waals surface area contributed by atoms with Gasteiger partial charge in [-0.25, -0.2) is 0 Å². The fourth-order valence-electron chi connectivity index (χ4n) is 3.41. The van der Waals surface area contributed by atoms with Gasteiger partial charge in [0.25, 0.3) is 0 Å². The molecule has 1 aromatic heterocycles. The molecule has 1 atom stereocenters. The van der Waals surface area contributed by atoms with Gasteiger partial charge in [0.15, 0.2) is 11.5 Å². The summed E-state index contributed by atoms with van der Waals surface area (Å²) in [6.07, 6.45) is 3.62. The lowest BCUT2D eigenvalue weighted by Crippen LogP contribution is -2.39. The third-order valence-electron chi connectivity index (χ3n) is 4.45. The Morgan fingerprint density at radius 3 is 2.90 bits per heavy atom. The average Bonchev–Trinajstić information content (AvgIpc) is 2.47. The van der Waals surface area contributed by atoms with Crippen LogP contribution in [0.5, 0.6) is 11.5 Å². The van der Waals surface area contributed by atoms with Gasteiger partial charge in [0.05, 0.1) is 0 Å². The lowest BCUT2D eigenvalue weighted by molar-refractivity contribution is 0.158. The Morgan fingerprint density at radius 1 is 1.15 bits per heavy atom. The maximum atomic E-state index is 9.78. The molecule has 0 aliphatic carbocycles. The summed E-state index contributed by atoms with van der Waals surface area (Å²) in [4.78, 5) is 6.92. The molecule has 2 aliphatic heterocycles. The number of nitrogens with zero attached hydrogens (tertiary/aromatic N) is 2. The number of benzene rings is 1. The maximum absolute atomic E-state index is 9.78. The van der Waals surface area contributed by atoms with Gasteiger partial charge in [0.2, 0.25) is 0 Å². The molecule has 20 heavy (non-hydrogen) atoms. The molecule has 4 rings (SSSR count). The largest absolute Gasteiger partial charge is 0.504 e. The van der Waals surface area contributed by atoms with Crippen molar-refractivity contribution < 1.29 is 10.2 Å². The van der Waals surface area contributed by atoms with E-state index in [1.165, 1.54) is 5.56 Å². The predicted octanol–water partition coefficient (Wildman–Crippen LogP) is 2.15. The van der Waals surface area contributed by atoms with Crippen LogP contribution in [-0.2, 0) is 19.4 Å². The first-order valence-corrected chi connectivity index (χ1v) is 6.94. The molecule has 0 fully saturated rings. The molecule has 1 unspecified atom stereocenters. The van der Waals surface area contributed by atoms with Crippen molar-refractivity contribution >= 4 is 0 Å². The van der Waals surface area contributed by atoms with Gasteiger partial charge in [-0.1, -0.05) is 6.07 Å². The number of hydrogen-bond acceptors (Lipinski definition) is 4. The third kappa shape index (κ3) is 1.68. The third-order valence-corrected chi connectivity index (χ3v) is 4.45. The zero-order chi connectivity index (χ0) is 13.7. The van der Waals surface area contributed by atoms with E-state index in [4.69, 9.17) is 0 Å². The highest BCUT2D eigenvalue weighted by molar-refractivity contribution is 5.48. The van der Waals surface area contributed by atoms with Gasteiger partial charge in [0, 0.05) is 37.4 Å². The molecule has 102 valence electrons. The number of pyridine rings is 1. The van der Waals surface area contributed by atoms with E-state index in [0.29, 0.717) is 0 Å². The van der Waals surface area contributed by atoms with Crippen LogP contribution in [0.1, 0.15) is 28.4 Å². The van der Waals surface area contributed by atoms with Crippen LogP contribution in [0.15, 0.2) is 30.5 Å². The van der Waals surface area contributed by atoms with Crippen molar-refractivity contribution in [3.63, 3.8) is 0 Å². The molecule has 0 spiro atoms. The maximum Gasteiger partial charge on any atom is 0.157 e. The molecular weight excluding hydrogens is 252 g/mol. The highest BCUT2D eigenvalue weighted by Crippen LogP contribution is 2.41. The fraction of sp³-hybridized carbons (Fsp3) is 0.312. The van der Waals surface area contributed by atoms with Crippen molar-refractivity contribution in [2.75, 3.05) is 6.54 Å². The smallest absolute Gasteiger partial charge is 0.157 e. The van der Waals surface area contributed by atoms with E-state index >= 15 is 0 Å².